The highest BCUT2D eigenvalue weighted by atomic mass is 16.5. The summed E-state index contributed by atoms with van der Waals surface area (Å²) >= 11 is 0. The Balaban J connectivity index is 2.07. The predicted molar refractivity (Wildman–Crippen MR) is 95.7 cm³/mol. The number of hydrogen-bond acceptors (Lipinski definition) is 3. The number of amides is 2. The van der Waals surface area contributed by atoms with Gasteiger partial charge in [0.15, 0.2) is 11.5 Å². The summed E-state index contributed by atoms with van der Waals surface area (Å²) in [5.41, 5.74) is 1.77. The smallest absolute Gasteiger partial charge is 0.322 e. The quantitative estimate of drug-likeness (QED) is 0.831. The standard InChI is InChI=1S/C19H24N2O3/c1-4-21(19(22)20-16-9-7-6-8-10-16)14-15-11-12-17(24-5-2)18(13-15)23-3/h6-13H,4-5,14H2,1-3H3,(H,20,22). The van der Waals surface area contributed by atoms with Crippen LogP contribution in [0.3, 0.4) is 0 Å². The Morgan fingerprint density at radius 1 is 1.08 bits per heavy atom. The van der Waals surface area contributed by atoms with Gasteiger partial charge in [0.2, 0.25) is 0 Å². The van der Waals surface area contributed by atoms with Crippen LogP contribution in [0, 0.1) is 0 Å². The molecule has 1 N–H and O–H groups in total. The molecular weight excluding hydrogens is 304 g/mol. The van der Waals surface area contributed by atoms with Crippen molar-refractivity contribution in [2.45, 2.75) is 20.4 Å². The van der Waals surface area contributed by atoms with Crippen LogP contribution in [0.4, 0.5) is 10.5 Å². The van der Waals surface area contributed by atoms with E-state index in [0.717, 1.165) is 11.3 Å². The van der Waals surface area contributed by atoms with Gasteiger partial charge in [0.1, 0.15) is 0 Å². The van der Waals surface area contributed by atoms with Crippen molar-refractivity contribution in [1.29, 1.82) is 0 Å². The first-order chi connectivity index (χ1) is 11.7. The highest BCUT2D eigenvalue weighted by Crippen LogP contribution is 2.28. The molecule has 0 saturated heterocycles. The van der Waals surface area contributed by atoms with E-state index in [1.807, 2.05) is 62.4 Å². The van der Waals surface area contributed by atoms with Crippen LogP contribution in [0.5, 0.6) is 11.5 Å². The summed E-state index contributed by atoms with van der Waals surface area (Å²) in [5.74, 6) is 1.38. The number of benzene rings is 2. The van der Waals surface area contributed by atoms with Gasteiger partial charge in [-0.1, -0.05) is 24.3 Å². The van der Waals surface area contributed by atoms with E-state index < -0.39 is 0 Å². The van der Waals surface area contributed by atoms with Crippen LogP contribution in [-0.4, -0.2) is 31.2 Å². The van der Waals surface area contributed by atoms with Crippen LogP contribution < -0.4 is 14.8 Å². The molecule has 0 aliphatic heterocycles. The third kappa shape index (κ3) is 4.65. The monoisotopic (exact) mass is 328 g/mol. The highest BCUT2D eigenvalue weighted by Gasteiger charge is 2.14. The number of para-hydroxylation sites is 1. The molecule has 0 heterocycles. The van der Waals surface area contributed by atoms with Crippen molar-refractivity contribution in [1.82, 2.24) is 4.90 Å². The maximum Gasteiger partial charge on any atom is 0.322 e. The number of rotatable bonds is 7. The second-order valence-corrected chi connectivity index (χ2v) is 5.23. The zero-order chi connectivity index (χ0) is 17.4. The Bertz CT molecular complexity index is 659. The molecular formula is C19H24N2O3. The van der Waals surface area contributed by atoms with Gasteiger partial charge in [-0.2, -0.15) is 0 Å². The molecule has 0 aliphatic carbocycles. The molecule has 0 aromatic heterocycles. The summed E-state index contributed by atoms with van der Waals surface area (Å²) in [6.07, 6.45) is 0. The molecule has 0 unspecified atom stereocenters. The van der Waals surface area contributed by atoms with Gasteiger partial charge in [-0.15, -0.1) is 0 Å². The lowest BCUT2D eigenvalue weighted by Crippen LogP contribution is -2.34. The molecule has 128 valence electrons. The van der Waals surface area contributed by atoms with Crippen molar-refractivity contribution in [2.24, 2.45) is 0 Å². The van der Waals surface area contributed by atoms with Crippen LogP contribution in [0.2, 0.25) is 0 Å². The Kier molecular flexibility index (Phi) is 6.49. The second-order valence-electron chi connectivity index (χ2n) is 5.23. The largest absolute Gasteiger partial charge is 0.493 e. The molecule has 5 nitrogen and oxygen atoms in total. The SMILES string of the molecule is CCOc1ccc(CN(CC)C(=O)Nc2ccccc2)cc1OC. The molecule has 0 saturated carbocycles. The minimum atomic E-state index is -0.128. The number of methoxy groups -OCH3 is 1. The summed E-state index contributed by atoms with van der Waals surface area (Å²) in [4.78, 5) is 14.2. The molecule has 0 aliphatic rings. The molecule has 2 aromatic carbocycles. The first-order valence-corrected chi connectivity index (χ1v) is 8.08. The summed E-state index contributed by atoms with van der Waals surface area (Å²) in [6.45, 7) is 5.57. The fourth-order valence-corrected chi connectivity index (χ4v) is 2.36. The van der Waals surface area contributed by atoms with Crippen LogP contribution in [0.15, 0.2) is 48.5 Å². The second kappa shape index (κ2) is 8.82. The van der Waals surface area contributed by atoms with E-state index in [0.29, 0.717) is 31.2 Å². The molecule has 0 fully saturated rings. The van der Waals surface area contributed by atoms with Gasteiger partial charge in [0.05, 0.1) is 13.7 Å². The molecule has 0 radical (unpaired) electrons. The normalized spacial score (nSPS) is 10.1. The number of anilines is 1. The minimum Gasteiger partial charge on any atom is -0.493 e. The molecule has 2 amide bonds. The zero-order valence-corrected chi connectivity index (χ0v) is 14.4. The van der Waals surface area contributed by atoms with Crippen LogP contribution >= 0.6 is 0 Å². The first-order valence-electron chi connectivity index (χ1n) is 8.08. The van der Waals surface area contributed by atoms with Gasteiger partial charge in [-0.3, -0.25) is 0 Å². The summed E-state index contributed by atoms with van der Waals surface area (Å²) in [7, 11) is 1.61. The highest BCUT2D eigenvalue weighted by molar-refractivity contribution is 5.89. The molecule has 0 bridgehead atoms. The summed E-state index contributed by atoms with van der Waals surface area (Å²) in [6, 6.07) is 15.0. The van der Waals surface area contributed by atoms with Crippen molar-refractivity contribution in [2.75, 3.05) is 25.6 Å². The lowest BCUT2D eigenvalue weighted by Gasteiger charge is -2.22. The maximum absolute atomic E-state index is 12.4. The van der Waals surface area contributed by atoms with Crippen LogP contribution in [0.1, 0.15) is 19.4 Å². The molecule has 2 aromatic rings. The summed E-state index contributed by atoms with van der Waals surface area (Å²) in [5, 5.41) is 2.90. The lowest BCUT2D eigenvalue weighted by atomic mass is 10.2. The zero-order valence-electron chi connectivity index (χ0n) is 14.4. The maximum atomic E-state index is 12.4. The number of urea groups is 1. The number of nitrogens with one attached hydrogen (secondary N) is 1. The Labute approximate surface area is 143 Å². The number of nitrogens with zero attached hydrogens (tertiary/aromatic N) is 1. The van der Waals surface area contributed by atoms with E-state index >= 15 is 0 Å². The van der Waals surface area contributed by atoms with Gasteiger partial charge in [-0.05, 0) is 43.7 Å². The van der Waals surface area contributed by atoms with E-state index in [1.165, 1.54) is 0 Å². The van der Waals surface area contributed by atoms with Crippen LogP contribution in [0.25, 0.3) is 0 Å². The van der Waals surface area contributed by atoms with E-state index in [1.54, 1.807) is 12.0 Å². The molecule has 2 rings (SSSR count). The first kappa shape index (κ1) is 17.7. The number of carbonyl (C=O) groups is 1. The van der Waals surface area contributed by atoms with E-state index in [2.05, 4.69) is 5.32 Å². The van der Waals surface area contributed by atoms with Crippen molar-refractivity contribution in [3.8, 4) is 11.5 Å². The van der Waals surface area contributed by atoms with Gasteiger partial charge in [-0.25, -0.2) is 4.79 Å². The predicted octanol–water partition coefficient (Wildman–Crippen LogP) is 4.15. The third-order valence-electron chi connectivity index (χ3n) is 3.60. The lowest BCUT2D eigenvalue weighted by molar-refractivity contribution is 0.212. The number of hydrogen-bond donors (Lipinski definition) is 1. The van der Waals surface area contributed by atoms with Gasteiger partial charge >= 0.3 is 6.03 Å². The molecule has 5 heteroatoms. The van der Waals surface area contributed by atoms with Crippen LogP contribution in [-0.2, 0) is 6.54 Å². The van der Waals surface area contributed by atoms with Gasteiger partial charge < -0.3 is 19.7 Å². The molecule has 24 heavy (non-hydrogen) atoms. The van der Waals surface area contributed by atoms with Crippen molar-refractivity contribution < 1.29 is 14.3 Å². The van der Waals surface area contributed by atoms with Gasteiger partial charge in [0.25, 0.3) is 0 Å². The topological polar surface area (TPSA) is 50.8 Å². The molecule has 0 spiro atoms. The van der Waals surface area contributed by atoms with E-state index in [4.69, 9.17) is 9.47 Å². The molecule has 0 atom stereocenters. The Morgan fingerprint density at radius 2 is 1.83 bits per heavy atom. The Morgan fingerprint density at radius 3 is 2.46 bits per heavy atom. The fraction of sp³-hybridized carbons (Fsp3) is 0.316. The van der Waals surface area contributed by atoms with Crippen molar-refractivity contribution in [3.05, 3.63) is 54.1 Å². The number of carbonyl (C=O) groups excluding carboxylic acids is 1. The number of ether oxygens (including phenoxy) is 2. The van der Waals surface area contributed by atoms with Crippen molar-refractivity contribution in [3.63, 3.8) is 0 Å². The Hall–Kier alpha value is -2.69. The average molecular weight is 328 g/mol. The third-order valence-corrected chi connectivity index (χ3v) is 3.60. The van der Waals surface area contributed by atoms with Crippen molar-refractivity contribution >= 4 is 11.7 Å². The minimum absolute atomic E-state index is 0.128. The van der Waals surface area contributed by atoms with Gasteiger partial charge in [0, 0.05) is 18.8 Å². The average Bonchev–Trinajstić information content (AvgIpc) is 2.61. The fourth-order valence-electron chi connectivity index (χ4n) is 2.36. The summed E-state index contributed by atoms with van der Waals surface area (Å²) < 4.78 is 10.9. The van der Waals surface area contributed by atoms with E-state index in [-0.39, 0.29) is 6.03 Å². The van der Waals surface area contributed by atoms with E-state index in [9.17, 15) is 4.79 Å².